The summed E-state index contributed by atoms with van der Waals surface area (Å²) < 4.78 is 5.10. The van der Waals surface area contributed by atoms with E-state index in [9.17, 15) is 0 Å². The molecule has 4 heteroatoms. The molecular formula is C13H23N3O. The van der Waals surface area contributed by atoms with Crippen LogP contribution in [0.4, 0.5) is 0 Å². The first-order valence-electron chi connectivity index (χ1n) is 6.18. The molecule has 1 atom stereocenters. The van der Waals surface area contributed by atoms with Crippen LogP contribution in [0.15, 0.2) is 12.4 Å². The van der Waals surface area contributed by atoms with Crippen LogP contribution in [0.25, 0.3) is 0 Å². The molecule has 0 amide bonds. The maximum Gasteiger partial charge on any atom is 0.216 e. The van der Waals surface area contributed by atoms with Crippen molar-refractivity contribution in [1.82, 2.24) is 15.3 Å². The maximum absolute atomic E-state index is 5.10. The molecule has 0 aliphatic rings. The highest BCUT2D eigenvalue weighted by Gasteiger charge is 2.10. The van der Waals surface area contributed by atoms with Gasteiger partial charge >= 0.3 is 0 Å². The molecule has 96 valence electrons. The first-order chi connectivity index (χ1) is 8.15. The van der Waals surface area contributed by atoms with E-state index < -0.39 is 0 Å². The fraction of sp³-hybridized carbons (Fsp3) is 0.692. The quantitative estimate of drug-likeness (QED) is 0.788. The maximum atomic E-state index is 5.10. The molecule has 4 nitrogen and oxygen atoms in total. The Morgan fingerprint density at radius 2 is 2.06 bits per heavy atom. The van der Waals surface area contributed by atoms with Gasteiger partial charge < -0.3 is 10.1 Å². The summed E-state index contributed by atoms with van der Waals surface area (Å²) in [6.07, 6.45) is 4.87. The molecule has 0 aromatic carbocycles. The van der Waals surface area contributed by atoms with Gasteiger partial charge in [0.05, 0.1) is 7.11 Å². The molecule has 0 bridgehead atoms. The smallest absolute Gasteiger partial charge is 0.216 e. The lowest BCUT2D eigenvalue weighted by Gasteiger charge is -2.16. The van der Waals surface area contributed by atoms with Crippen molar-refractivity contribution in [2.24, 2.45) is 5.92 Å². The minimum absolute atomic E-state index is 0.469. The number of aromatic nitrogens is 2. The van der Waals surface area contributed by atoms with Gasteiger partial charge in [0, 0.05) is 24.2 Å². The molecule has 1 rings (SSSR count). The third-order valence-corrected chi connectivity index (χ3v) is 2.86. The Hall–Kier alpha value is -1.16. The molecule has 0 aliphatic heterocycles. The Balaban J connectivity index is 2.54. The summed E-state index contributed by atoms with van der Waals surface area (Å²) in [6.45, 7) is 4.50. The molecule has 1 heterocycles. The summed E-state index contributed by atoms with van der Waals surface area (Å²) in [5.74, 6) is 1.37. The number of methoxy groups -OCH3 is 1. The zero-order valence-electron chi connectivity index (χ0n) is 11.2. The zero-order chi connectivity index (χ0) is 12.7. The van der Waals surface area contributed by atoms with Crippen LogP contribution < -0.4 is 10.1 Å². The van der Waals surface area contributed by atoms with Crippen LogP contribution in [0.2, 0.25) is 0 Å². The van der Waals surface area contributed by atoms with E-state index in [1.807, 2.05) is 13.1 Å². The molecule has 1 unspecified atom stereocenters. The highest BCUT2D eigenvalue weighted by atomic mass is 16.5. The molecule has 0 saturated heterocycles. The lowest BCUT2D eigenvalue weighted by molar-refractivity contribution is 0.394. The Bertz CT molecular complexity index is 328. The Morgan fingerprint density at radius 3 is 2.65 bits per heavy atom. The predicted octanol–water partition coefficient (Wildman–Crippen LogP) is 2.05. The van der Waals surface area contributed by atoms with E-state index in [0.29, 0.717) is 11.9 Å². The van der Waals surface area contributed by atoms with Gasteiger partial charge in [0.1, 0.15) is 6.33 Å². The second-order valence-corrected chi connectivity index (χ2v) is 4.71. The van der Waals surface area contributed by atoms with Crippen molar-refractivity contribution in [3.63, 3.8) is 0 Å². The summed E-state index contributed by atoms with van der Waals surface area (Å²) >= 11 is 0. The lowest BCUT2D eigenvalue weighted by Crippen LogP contribution is -2.28. The van der Waals surface area contributed by atoms with Crippen molar-refractivity contribution >= 4 is 0 Å². The van der Waals surface area contributed by atoms with Gasteiger partial charge in [-0.25, -0.2) is 9.97 Å². The van der Waals surface area contributed by atoms with Crippen LogP contribution in [0.3, 0.4) is 0 Å². The third kappa shape index (κ3) is 5.13. The molecule has 1 N–H and O–H groups in total. The first-order valence-corrected chi connectivity index (χ1v) is 6.18. The van der Waals surface area contributed by atoms with Crippen LogP contribution in [0.1, 0.15) is 32.4 Å². The van der Waals surface area contributed by atoms with Gasteiger partial charge in [-0.05, 0) is 25.8 Å². The van der Waals surface area contributed by atoms with E-state index in [-0.39, 0.29) is 0 Å². The predicted molar refractivity (Wildman–Crippen MR) is 69.2 cm³/mol. The average Bonchev–Trinajstić information content (AvgIpc) is 2.34. The number of ether oxygens (including phenoxy) is 1. The summed E-state index contributed by atoms with van der Waals surface area (Å²) in [7, 11) is 3.63. The minimum atomic E-state index is 0.469. The van der Waals surface area contributed by atoms with Gasteiger partial charge in [-0.15, -0.1) is 0 Å². The Morgan fingerprint density at radius 1 is 1.29 bits per heavy atom. The van der Waals surface area contributed by atoms with Gasteiger partial charge in [0.2, 0.25) is 5.88 Å². The van der Waals surface area contributed by atoms with Crippen molar-refractivity contribution in [3.8, 4) is 5.88 Å². The van der Waals surface area contributed by atoms with Crippen LogP contribution >= 0.6 is 0 Å². The van der Waals surface area contributed by atoms with Gasteiger partial charge in [-0.1, -0.05) is 13.8 Å². The summed E-state index contributed by atoms with van der Waals surface area (Å²) in [6, 6.07) is 2.37. The van der Waals surface area contributed by atoms with Gasteiger partial charge in [-0.3, -0.25) is 0 Å². The Kier molecular flexibility index (Phi) is 5.91. The summed E-state index contributed by atoms with van der Waals surface area (Å²) in [5, 5.41) is 3.34. The number of nitrogens with zero attached hydrogens (tertiary/aromatic N) is 2. The van der Waals surface area contributed by atoms with Crippen LogP contribution in [-0.2, 0) is 6.42 Å². The molecule has 1 aromatic rings. The highest BCUT2D eigenvalue weighted by molar-refractivity contribution is 5.14. The first kappa shape index (κ1) is 13.9. The van der Waals surface area contributed by atoms with Crippen molar-refractivity contribution in [1.29, 1.82) is 0 Å². The van der Waals surface area contributed by atoms with Crippen LogP contribution in [0.5, 0.6) is 5.88 Å². The van der Waals surface area contributed by atoms with Crippen molar-refractivity contribution in [2.75, 3.05) is 14.2 Å². The second-order valence-electron chi connectivity index (χ2n) is 4.71. The standard InChI is InChI=1S/C13H23N3O/c1-10(2)5-6-11(14-3)7-12-8-13(17-4)16-9-15-12/h8-11,14H,5-7H2,1-4H3. The van der Waals surface area contributed by atoms with Gasteiger partial charge in [-0.2, -0.15) is 0 Å². The fourth-order valence-electron chi connectivity index (χ4n) is 1.74. The van der Waals surface area contributed by atoms with Crippen molar-refractivity contribution in [3.05, 3.63) is 18.1 Å². The highest BCUT2D eigenvalue weighted by Crippen LogP contribution is 2.12. The third-order valence-electron chi connectivity index (χ3n) is 2.86. The van der Waals surface area contributed by atoms with E-state index in [2.05, 4.69) is 29.1 Å². The minimum Gasteiger partial charge on any atom is -0.481 e. The topological polar surface area (TPSA) is 47.0 Å². The number of hydrogen-bond acceptors (Lipinski definition) is 4. The largest absolute Gasteiger partial charge is 0.481 e. The monoisotopic (exact) mass is 237 g/mol. The Labute approximate surface area is 104 Å². The zero-order valence-corrected chi connectivity index (χ0v) is 11.2. The summed E-state index contributed by atoms with van der Waals surface area (Å²) in [5.41, 5.74) is 1.03. The number of rotatable bonds is 7. The fourth-order valence-corrected chi connectivity index (χ4v) is 1.74. The molecule has 0 radical (unpaired) electrons. The molecule has 1 aromatic heterocycles. The van der Waals surface area contributed by atoms with E-state index >= 15 is 0 Å². The number of likely N-dealkylation sites (N-methyl/N-ethyl adjacent to an activating group) is 1. The number of nitrogens with one attached hydrogen (secondary N) is 1. The van der Waals surface area contributed by atoms with Crippen molar-refractivity contribution in [2.45, 2.75) is 39.2 Å². The molecule has 17 heavy (non-hydrogen) atoms. The summed E-state index contributed by atoms with van der Waals surface area (Å²) in [4.78, 5) is 8.28. The molecule has 0 aliphatic carbocycles. The van der Waals surface area contributed by atoms with Crippen LogP contribution in [-0.4, -0.2) is 30.2 Å². The van der Waals surface area contributed by atoms with Gasteiger partial charge in [0.15, 0.2) is 0 Å². The molecule has 0 saturated carbocycles. The second kappa shape index (κ2) is 7.22. The van der Waals surface area contributed by atoms with Crippen molar-refractivity contribution < 1.29 is 4.74 Å². The lowest BCUT2D eigenvalue weighted by atomic mass is 10.00. The van der Waals surface area contributed by atoms with E-state index in [1.165, 1.54) is 12.8 Å². The molecule has 0 spiro atoms. The van der Waals surface area contributed by atoms with Gasteiger partial charge in [0.25, 0.3) is 0 Å². The molecular weight excluding hydrogens is 214 g/mol. The number of hydrogen-bond donors (Lipinski definition) is 1. The van der Waals surface area contributed by atoms with Crippen LogP contribution in [0, 0.1) is 5.92 Å². The normalized spacial score (nSPS) is 12.8. The van der Waals surface area contributed by atoms with E-state index in [4.69, 9.17) is 4.74 Å². The SMILES string of the molecule is CNC(CCC(C)C)Cc1cc(OC)ncn1. The van der Waals surface area contributed by atoms with E-state index in [1.54, 1.807) is 13.4 Å². The van der Waals surface area contributed by atoms with E-state index in [0.717, 1.165) is 18.0 Å². The molecule has 0 fully saturated rings. The average molecular weight is 237 g/mol.